The third-order valence-electron chi connectivity index (χ3n) is 4.98. The van der Waals surface area contributed by atoms with Gasteiger partial charge in [0.2, 0.25) is 0 Å². The summed E-state index contributed by atoms with van der Waals surface area (Å²) < 4.78 is 5.16. The molecular formula is C18H26BrNO2. The second-order valence-electron chi connectivity index (χ2n) is 6.08. The van der Waals surface area contributed by atoms with E-state index in [0.29, 0.717) is 13.0 Å². The van der Waals surface area contributed by atoms with Gasteiger partial charge in [0, 0.05) is 23.6 Å². The number of esters is 1. The molecule has 1 unspecified atom stereocenters. The van der Waals surface area contributed by atoms with Crippen LogP contribution < -0.4 is 4.90 Å². The molecule has 4 heteroatoms. The molecule has 1 aromatic rings. The molecule has 0 aliphatic carbocycles. The number of hydrogen-bond donors (Lipinski definition) is 0. The summed E-state index contributed by atoms with van der Waals surface area (Å²) in [6.07, 6.45) is 1.40. The van der Waals surface area contributed by atoms with E-state index in [9.17, 15) is 4.79 Å². The summed E-state index contributed by atoms with van der Waals surface area (Å²) in [6.45, 7) is 12.0. The molecule has 0 N–H and O–H groups in total. The fourth-order valence-corrected chi connectivity index (χ4v) is 3.90. The largest absolute Gasteiger partial charge is 0.466 e. The number of fused-ring (bicyclic) bond motifs is 1. The quantitative estimate of drug-likeness (QED) is 0.581. The maximum Gasteiger partial charge on any atom is 0.307 e. The Labute approximate surface area is 142 Å². The fourth-order valence-electron chi connectivity index (χ4n) is 3.52. The van der Waals surface area contributed by atoms with Crippen LogP contribution in [0.3, 0.4) is 0 Å². The third-order valence-corrected chi connectivity index (χ3v) is 5.34. The maximum atomic E-state index is 11.9. The first-order chi connectivity index (χ1) is 10.4. The number of halogens is 1. The van der Waals surface area contributed by atoms with Crippen LogP contribution in [0.1, 0.15) is 41.2 Å². The van der Waals surface area contributed by atoms with Gasteiger partial charge in [-0.25, -0.2) is 0 Å². The van der Waals surface area contributed by atoms with Crippen molar-refractivity contribution >= 4 is 27.6 Å². The van der Waals surface area contributed by atoms with E-state index in [1.165, 1.54) is 33.5 Å². The Morgan fingerprint density at radius 3 is 2.41 bits per heavy atom. The summed E-state index contributed by atoms with van der Waals surface area (Å²) in [6, 6.07) is 0.213. The molecule has 1 aliphatic heterocycles. The van der Waals surface area contributed by atoms with E-state index in [0.717, 1.165) is 18.3 Å². The zero-order chi connectivity index (χ0) is 16.4. The molecule has 0 radical (unpaired) electrons. The number of ether oxygens (including phenoxy) is 1. The lowest BCUT2D eigenvalue weighted by Crippen LogP contribution is -2.36. The van der Waals surface area contributed by atoms with Gasteiger partial charge in [0.05, 0.1) is 13.0 Å². The molecule has 3 nitrogen and oxygen atoms in total. The van der Waals surface area contributed by atoms with Crippen LogP contribution in [0.2, 0.25) is 0 Å². The minimum atomic E-state index is -0.0939. The molecule has 0 spiro atoms. The summed E-state index contributed by atoms with van der Waals surface area (Å²) in [5.74, 6) is -0.0939. The lowest BCUT2D eigenvalue weighted by atomic mass is 9.92. The van der Waals surface area contributed by atoms with E-state index in [2.05, 4.69) is 48.5 Å². The van der Waals surface area contributed by atoms with E-state index in [-0.39, 0.29) is 12.0 Å². The van der Waals surface area contributed by atoms with Crippen LogP contribution in [-0.4, -0.2) is 30.5 Å². The molecule has 1 aromatic carbocycles. The van der Waals surface area contributed by atoms with Gasteiger partial charge < -0.3 is 9.64 Å². The highest BCUT2D eigenvalue weighted by atomic mass is 79.9. The number of rotatable bonds is 5. The van der Waals surface area contributed by atoms with Gasteiger partial charge in [0.15, 0.2) is 0 Å². The van der Waals surface area contributed by atoms with Crippen LogP contribution in [0, 0.1) is 27.7 Å². The fraction of sp³-hybridized carbons (Fsp3) is 0.611. The van der Waals surface area contributed by atoms with Gasteiger partial charge in [-0.05, 0) is 68.9 Å². The normalized spacial score (nSPS) is 16.8. The van der Waals surface area contributed by atoms with E-state index >= 15 is 0 Å². The predicted octanol–water partition coefficient (Wildman–Crippen LogP) is 4.00. The number of hydrogen-bond acceptors (Lipinski definition) is 3. The molecule has 0 amide bonds. The lowest BCUT2D eigenvalue weighted by molar-refractivity contribution is -0.143. The number of nitrogens with zero attached hydrogens (tertiary/aromatic N) is 1. The SMILES string of the molecule is CCOC(=O)CC1Cc2c(C)c(C)c(C)c(C)c2N1CCBr. The maximum absolute atomic E-state index is 11.9. The molecular weight excluding hydrogens is 342 g/mol. The van der Waals surface area contributed by atoms with Gasteiger partial charge in [-0.3, -0.25) is 4.79 Å². The second kappa shape index (κ2) is 7.03. The molecule has 22 heavy (non-hydrogen) atoms. The monoisotopic (exact) mass is 367 g/mol. The summed E-state index contributed by atoms with van der Waals surface area (Å²) in [5.41, 5.74) is 8.24. The van der Waals surface area contributed by atoms with Crippen molar-refractivity contribution in [2.24, 2.45) is 0 Å². The highest BCUT2D eigenvalue weighted by molar-refractivity contribution is 9.09. The molecule has 122 valence electrons. The van der Waals surface area contributed by atoms with Crippen molar-refractivity contribution in [3.63, 3.8) is 0 Å². The molecule has 0 aromatic heterocycles. The third kappa shape index (κ3) is 3.03. The van der Waals surface area contributed by atoms with Crippen molar-refractivity contribution in [1.82, 2.24) is 0 Å². The molecule has 1 atom stereocenters. The topological polar surface area (TPSA) is 29.5 Å². The standard InChI is InChI=1S/C18H26BrNO2/c1-6-22-17(21)10-15-9-16-13(4)11(2)12(3)14(5)18(16)20(15)8-7-19/h15H,6-10H2,1-5H3. The first kappa shape index (κ1) is 17.3. The van der Waals surface area contributed by atoms with Gasteiger partial charge in [-0.15, -0.1) is 0 Å². The Balaban J connectivity index is 2.41. The van der Waals surface area contributed by atoms with Crippen LogP contribution in [0.5, 0.6) is 0 Å². The number of carbonyl (C=O) groups excluding carboxylic acids is 1. The van der Waals surface area contributed by atoms with Gasteiger partial charge in [0.1, 0.15) is 0 Å². The van der Waals surface area contributed by atoms with Crippen LogP contribution >= 0.6 is 15.9 Å². The van der Waals surface area contributed by atoms with Crippen LogP contribution in [0.15, 0.2) is 0 Å². The van der Waals surface area contributed by atoms with Gasteiger partial charge in [-0.2, -0.15) is 0 Å². The minimum absolute atomic E-state index is 0.0939. The highest BCUT2D eigenvalue weighted by Gasteiger charge is 2.34. The Bertz CT molecular complexity index is 583. The Kier molecular flexibility index (Phi) is 5.54. The van der Waals surface area contributed by atoms with E-state index < -0.39 is 0 Å². The molecule has 1 heterocycles. The summed E-state index contributed by atoms with van der Waals surface area (Å²) >= 11 is 3.55. The zero-order valence-corrected chi connectivity index (χ0v) is 15.8. The van der Waals surface area contributed by atoms with E-state index in [1.807, 2.05) is 6.92 Å². The number of benzene rings is 1. The molecule has 0 fully saturated rings. The molecule has 2 rings (SSSR count). The van der Waals surface area contributed by atoms with Gasteiger partial charge >= 0.3 is 5.97 Å². The van der Waals surface area contributed by atoms with Crippen LogP contribution in [-0.2, 0) is 16.0 Å². The molecule has 1 aliphatic rings. The Morgan fingerprint density at radius 1 is 1.18 bits per heavy atom. The van der Waals surface area contributed by atoms with Crippen LogP contribution in [0.25, 0.3) is 0 Å². The van der Waals surface area contributed by atoms with Crippen molar-refractivity contribution in [1.29, 1.82) is 0 Å². The van der Waals surface area contributed by atoms with Crippen molar-refractivity contribution in [3.8, 4) is 0 Å². The average molecular weight is 368 g/mol. The van der Waals surface area contributed by atoms with Crippen molar-refractivity contribution in [2.75, 3.05) is 23.4 Å². The van der Waals surface area contributed by atoms with Crippen molar-refractivity contribution in [2.45, 2.75) is 53.5 Å². The second-order valence-corrected chi connectivity index (χ2v) is 6.87. The molecule has 0 saturated carbocycles. The first-order valence-electron chi connectivity index (χ1n) is 7.99. The van der Waals surface area contributed by atoms with Gasteiger partial charge in [0.25, 0.3) is 0 Å². The summed E-state index contributed by atoms with van der Waals surface area (Å²) in [5, 5.41) is 0.900. The Morgan fingerprint density at radius 2 is 1.82 bits per heavy atom. The van der Waals surface area contributed by atoms with Crippen molar-refractivity contribution < 1.29 is 9.53 Å². The average Bonchev–Trinajstić information content (AvgIpc) is 2.82. The number of alkyl halides is 1. The summed E-state index contributed by atoms with van der Waals surface area (Å²) in [7, 11) is 0. The summed E-state index contributed by atoms with van der Waals surface area (Å²) in [4.78, 5) is 14.3. The first-order valence-corrected chi connectivity index (χ1v) is 9.11. The van der Waals surface area contributed by atoms with Crippen molar-refractivity contribution in [3.05, 3.63) is 27.8 Å². The predicted molar refractivity (Wildman–Crippen MR) is 95.3 cm³/mol. The smallest absolute Gasteiger partial charge is 0.307 e. The Hall–Kier alpha value is -1.03. The zero-order valence-electron chi connectivity index (χ0n) is 14.3. The minimum Gasteiger partial charge on any atom is -0.466 e. The molecule has 0 bridgehead atoms. The number of carbonyl (C=O) groups is 1. The number of anilines is 1. The van der Waals surface area contributed by atoms with E-state index in [1.54, 1.807) is 0 Å². The lowest BCUT2D eigenvalue weighted by Gasteiger charge is -2.28. The van der Waals surface area contributed by atoms with E-state index in [4.69, 9.17) is 4.74 Å². The molecule has 0 saturated heterocycles. The highest BCUT2D eigenvalue weighted by Crippen LogP contribution is 2.41. The van der Waals surface area contributed by atoms with Crippen LogP contribution in [0.4, 0.5) is 5.69 Å². The van der Waals surface area contributed by atoms with Gasteiger partial charge in [-0.1, -0.05) is 15.9 Å².